The number of anilines is 3. The van der Waals surface area contributed by atoms with Crippen LogP contribution in [-0.2, 0) is 9.47 Å². The number of aromatic nitrogens is 3. The van der Waals surface area contributed by atoms with Gasteiger partial charge in [-0.15, -0.1) is 0 Å². The molecule has 0 unspecified atom stereocenters. The largest absolute Gasteiger partial charge is 0.377 e. The lowest BCUT2D eigenvalue weighted by Crippen LogP contribution is -2.27. The summed E-state index contributed by atoms with van der Waals surface area (Å²) >= 11 is 0. The summed E-state index contributed by atoms with van der Waals surface area (Å²) in [5, 5.41) is 12.7. The van der Waals surface area contributed by atoms with Crippen molar-refractivity contribution >= 4 is 23.8 Å². The van der Waals surface area contributed by atoms with E-state index in [2.05, 4.69) is 36.2 Å². The first-order valence-corrected chi connectivity index (χ1v) is 12.4. The van der Waals surface area contributed by atoms with Crippen molar-refractivity contribution in [3.05, 3.63) is 35.9 Å². The number of rotatable bonds is 17. The van der Waals surface area contributed by atoms with Crippen LogP contribution in [0.4, 0.5) is 17.8 Å². The zero-order chi connectivity index (χ0) is 24.6. The van der Waals surface area contributed by atoms with Gasteiger partial charge in [-0.3, -0.25) is 4.79 Å². The lowest BCUT2D eigenvalue weighted by Gasteiger charge is -2.14. The zero-order valence-corrected chi connectivity index (χ0v) is 20.3. The molecular formula is C24H38N8O3. The minimum Gasteiger partial charge on any atom is -0.377 e. The molecule has 1 aromatic carbocycles. The number of hydrogen-bond donors (Lipinski definition) is 5. The average Bonchev–Trinajstić information content (AvgIpc) is 3.38. The van der Waals surface area contributed by atoms with E-state index in [0.29, 0.717) is 82.1 Å². The second kappa shape index (κ2) is 15.8. The Morgan fingerprint density at radius 3 is 2.17 bits per heavy atom. The Balaban J connectivity index is 1.28. The highest BCUT2D eigenvalue weighted by atomic mass is 16.5. The van der Waals surface area contributed by atoms with E-state index in [1.807, 2.05) is 18.2 Å². The lowest BCUT2D eigenvalue weighted by molar-refractivity contribution is 0.0519. The number of amides is 1. The Bertz CT molecular complexity index is 865. The average molecular weight is 487 g/mol. The van der Waals surface area contributed by atoms with Gasteiger partial charge in [-0.2, -0.15) is 15.0 Å². The van der Waals surface area contributed by atoms with Crippen molar-refractivity contribution in [2.45, 2.75) is 38.1 Å². The molecule has 11 heteroatoms. The van der Waals surface area contributed by atoms with Crippen LogP contribution in [0.25, 0.3) is 0 Å². The molecule has 1 aliphatic carbocycles. The molecule has 1 amide bonds. The van der Waals surface area contributed by atoms with Gasteiger partial charge in [-0.25, -0.2) is 0 Å². The number of carbonyl (C=O) groups is 1. The molecule has 35 heavy (non-hydrogen) atoms. The van der Waals surface area contributed by atoms with Gasteiger partial charge in [0.25, 0.3) is 5.91 Å². The van der Waals surface area contributed by atoms with Crippen molar-refractivity contribution in [1.29, 1.82) is 0 Å². The van der Waals surface area contributed by atoms with E-state index in [1.54, 1.807) is 12.1 Å². The quantitative estimate of drug-likeness (QED) is 0.210. The van der Waals surface area contributed by atoms with Crippen molar-refractivity contribution in [1.82, 2.24) is 20.3 Å². The Hall–Kier alpha value is -3.02. The number of nitrogens with two attached hydrogens (primary N) is 1. The summed E-state index contributed by atoms with van der Waals surface area (Å²) in [6, 6.07) is 9.53. The predicted molar refractivity (Wildman–Crippen MR) is 137 cm³/mol. The zero-order valence-electron chi connectivity index (χ0n) is 20.3. The summed E-state index contributed by atoms with van der Waals surface area (Å²) in [5.74, 6) is 1.52. The normalized spacial score (nSPS) is 13.5. The van der Waals surface area contributed by atoms with E-state index in [9.17, 15) is 4.79 Å². The summed E-state index contributed by atoms with van der Waals surface area (Å²) in [7, 11) is 0. The van der Waals surface area contributed by atoms with E-state index >= 15 is 0 Å². The maximum Gasteiger partial charge on any atom is 0.251 e. The van der Waals surface area contributed by atoms with Gasteiger partial charge in [0.2, 0.25) is 17.8 Å². The Kier molecular flexibility index (Phi) is 12.0. The van der Waals surface area contributed by atoms with Gasteiger partial charge in [0.15, 0.2) is 0 Å². The SMILES string of the molecule is NCCCNc1nc(NCCOCCOCCNC(=O)c2ccccc2)nc(NC2CCCC2)n1. The summed E-state index contributed by atoms with van der Waals surface area (Å²) < 4.78 is 11.1. The number of nitrogens with zero attached hydrogens (tertiary/aromatic N) is 3. The first-order chi connectivity index (χ1) is 17.2. The molecule has 2 aromatic rings. The number of nitrogens with one attached hydrogen (secondary N) is 4. The monoisotopic (exact) mass is 486 g/mol. The van der Waals surface area contributed by atoms with Gasteiger partial charge in [-0.05, 0) is 37.9 Å². The molecule has 0 radical (unpaired) electrons. The van der Waals surface area contributed by atoms with Crippen molar-refractivity contribution in [3.63, 3.8) is 0 Å². The van der Waals surface area contributed by atoms with Crippen molar-refractivity contribution < 1.29 is 14.3 Å². The van der Waals surface area contributed by atoms with Crippen LogP contribution in [0.3, 0.4) is 0 Å². The lowest BCUT2D eigenvalue weighted by atomic mass is 10.2. The molecule has 6 N–H and O–H groups in total. The van der Waals surface area contributed by atoms with Crippen LogP contribution in [0.5, 0.6) is 0 Å². The Morgan fingerprint density at radius 1 is 0.857 bits per heavy atom. The summed E-state index contributed by atoms with van der Waals surface area (Å²) in [6.45, 7) is 4.17. The molecule has 1 aliphatic rings. The van der Waals surface area contributed by atoms with Crippen LogP contribution < -0.4 is 27.0 Å². The number of ether oxygens (including phenoxy) is 2. The van der Waals surface area contributed by atoms with E-state index in [4.69, 9.17) is 15.2 Å². The van der Waals surface area contributed by atoms with Gasteiger partial charge in [0.05, 0.1) is 26.4 Å². The molecule has 0 spiro atoms. The Labute approximate surface area is 207 Å². The minimum absolute atomic E-state index is 0.103. The molecule has 0 aliphatic heterocycles. The molecule has 0 bridgehead atoms. The van der Waals surface area contributed by atoms with Crippen LogP contribution in [0.15, 0.2) is 30.3 Å². The molecule has 192 valence electrons. The number of benzene rings is 1. The number of hydrogen-bond acceptors (Lipinski definition) is 10. The van der Waals surface area contributed by atoms with Crippen LogP contribution in [-0.4, -0.2) is 79.5 Å². The minimum atomic E-state index is -0.103. The van der Waals surface area contributed by atoms with Gasteiger partial charge >= 0.3 is 0 Å². The molecule has 1 aromatic heterocycles. The van der Waals surface area contributed by atoms with E-state index in [-0.39, 0.29) is 5.91 Å². The maximum atomic E-state index is 11.9. The van der Waals surface area contributed by atoms with Gasteiger partial charge in [0, 0.05) is 31.2 Å². The predicted octanol–water partition coefficient (Wildman–Crippen LogP) is 1.86. The summed E-state index contributed by atoms with van der Waals surface area (Å²) in [4.78, 5) is 25.4. The highest BCUT2D eigenvalue weighted by Crippen LogP contribution is 2.21. The van der Waals surface area contributed by atoms with Crippen LogP contribution in [0.2, 0.25) is 0 Å². The second-order valence-electron chi connectivity index (χ2n) is 8.27. The van der Waals surface area contributed by atoms with Crippen LogP contribution in [0.1, 0.15) is 42.5 Å². The molecule has 3 rings (SSSR count). The third-order valence-corrected chi connectivity index (χ3v) is 5.46. The molecule has 1 saturated carbocycles. The summed E-state index contributed by atoms with van der Waals surface area (Å²) in [5.41, 5.74) is 6.22. The topological polar surface area (TPSA) is 148 Å². The molecular weight excluding hydrogens is 448 g/mol. The number of carbonyl (C=O) groups excluding carboxylic acids is 1. The fourth-order valence-corrected chi connectivity index (χ4v) is 3.64. The van der Waals surface area contributed by atoms with E-state index < -0.39 is 0 Å². The molecule has 11 nitrogen and oxygen atoms in total. The first-order valence-electron chi connectivity index (χ1n) is 12.4. The van der Waals surface area contributed by atoms with Crippen molar-refractivity contribution in [2.24, 2.45) is 5.73 Å². The van der Waals surface area contributed by atoms with E-state index in [0.717, 1.165) is 19.3 Å². The van der Waals surface area contributed by atoms with E-state index in [1.165, 1.54) is 12.8 Å². The molecule has 1 heterocycles. The fraction of sp³-hybridized carbons (Fsp3) is 0.583. The highest BCUT2D eigenvalue weighted by molar-refractivity contribution is 5.94. The van der Waals surface area contributed by atoms with Crippen molar-refractivity contribution in [3.8, 4) is 0 Å². The Morgan fingerprint density at radius 2 is 1.49 bits per heavy atom. The van der Waals surface area contributed by atoms with Crippen molar-refractivity contribution in [2.75, 3.05) is 68.6 Å². The third-order valence-electron chi connectivity index (χ3n) is 5.46. The smallest absolute Gasteiger partial charge is 0.251 e. The third kappa shape index (κ3) is 10.4. The van der Waals surface area contributed by atoms with Gasteiger partial charge < -0.3 is 36.5 Å². The second-order valence-corrected chi connectivity index (χ2v) is 8.27. The van der Waals surface area contributed by atoms with Gasteiger partial charge in [-0.1, -0.05) is 31.0 Å². The van der Waals surface area contributed by atoms with Gasteiger partial charge in [0.1, 0.15) is 0 Å². The molecule has 1 fully saturated rings. The van der Waals surface area contributed by atoms with Crippen LogP contribution in [0, 0.1) is 0 Å². The maximum absolute atomic E-state index is 11.9. The highest BCUT2D eigenvalue weighted by Gasteiger charge is 2.16. The standard InChI is InChI=1S/C24H38N8O3/c25-11-6-12-27-22-30-23(32-24(31-22)29-20-9-4-5-10-20)28-14-16-35-18-17-34-15-13-26-21(33)19-7-2-1-3-8-19/h1-3,7-8,20H,4-6,9-18,25H2,(H,26,33)(H3,27,28,29,30,31,32). The summed E-state index contributed by atoms with van der Waals surface area (Å²) in [6.07, 6.45) is 5.59. The van der Waals surface area contributed by atoms with Crippen LogP contribution >= 0.6 is 0 Å². The molecule has 0 saturated heterocycles. The first kappa shape index (κ1) is 26.6. The fourth-order valence-electron chi connectivity index (χ4n) is 3.64. The molecule has 0 atom stereocenters.